The van der Waals surface area contributed by atoms with Crippen molar-refractivity contribution in [3.8, 4) is 0 Å². The van der Waals surface area contributed by atoms with E-state index in [4.69, 9.17) is 0 Å². The summed E-state index contributed by atoms with van der Waals surface area (Å²) in [6.45, 7) is 2.47. The Labute approximate surface area is 92.1 Å². The van der Waals surface area contributed by atoms with Gasteiger partial charge in [0.25, 0.3) is 0 Å². The molecule has 1 saturated heterocycles. The Morgan fingerprint density at radius 3 is 2.27 bits per heavy atom. The van der Waals surface area contributed by atoms with Gasteiger partial charge in [-0.15, -0.1) is 0 Å². The van der Waals surface area contributed by atoms with Crippen LogP contribution < -0.4 is 5.32 Å². The van der Waals surface area contributed by atoms with E-state index in [9.17, 15) is 8.42 Å². The molecule has 15 heavy (non-hydrogen) atoms. The summed E-state index contributed by atoms with van der Waals surface area (Å²) < 4.78 is 25.6. The highest BCUT2D eigenvalue weighted by atomic mass is 32.2. The summed E-state index contributed by atoms with van der Waals surface area (Å²) in [4.78, 5) is 0. The Kier molecular flexibility index (Phi) is 3.33. The number of sulfonamides is 1. The van der Waals surface area contributed by atoms with Gasteiger partial charge < -0.3 is 5.32 Å². The van der Waals surface area contributed by atoms with Crippen molar-refractivity contribution in [1.29, 1.82) is 0 Å². The van der Waals surface area contributed by atoms with Crippen molar-refractivity contribution in [2.45, 2.75) is 30.9 Å². The Morgan fingerprint density at radius 2 is 1.80 bits per heavy atom. The summed E-state index contributed by atoms with van der Waals surface area (Å²) in [7, 11) is -0.963. The molecule has 0 bridgehead atoms. The molecule has 0 atom stereocenters. The summed E-state index contributed by atoms with van der Waals surface area (Å²) in [5.41, 5.74) is 0. The Bertz CT molecular complexity index is 303. The molecular formula is C10H20N2O2S. The summed E-state index contributed by atoms with van der Waals surface area (Å²) >= 11 is 0. The maximum absolute atomic E-state index is 11.9. The summed E-state index contributed by atoms with van der Waals surface area (Å²) in [6.07, 6.45) is 3.76. The predicted octanol–water partition coefficient (Wildman–Crippen LogP) is 0.410. The molecule has 2 aliphatic rings. The lowest BCUT2D eigenvalue weighted by molar-refractivity contribution is 0.270. The van der Waals surface area contributed by atoms with Gasteiger partial charge in [-0.25, -0.2) is 12.7 Å². The second kappa shape index (κ2) is 4.39. The van der Waals surface area contributed by atoms with Crippen LogP contribution in [-0.4, -0.2) is 44.7 Å². The molecule has 4 nitrogen and oxygen atoms in total. The molecule has 2 rings (SSSR count). The van der Waals surface area contributed by atoms with Crippen LogP contribution in [-0.2, 0) is 10.0 Å². The van der Waals surface area contributed by atoms with E-state index in [2.05, 4.69) is 5.32 Å². The second-order valence-corrected chi connectivity index (χ2v) is 6.86. The van der Waals surface area contributed by atoms with Gasteiger partial charge >= 0.3 is 0 Å². The van der Waals surface area contributed by atoms with Gasteiger partial charge in [-0.3, -0.25) is 0 Å². The molecule has 0 aromatic heterocycles. The third-order valence-electron chi connectivity index (χ3n) is 3.37. The van der Waals surface area contributed by atoms with E-state index in [0.29, 0.717) is 5.92 Å². The van der Waals surface area contributed by atoms with Gasteiger partial charge in [0.2, 0.25) is 10.0 Å². The van der Waals surface area contributed by atoms with Crippen molar-refractivity contribution in [3.63, 3.8) is 0 Å². The van der Waals surface area contributed by atoms with Crippen molar-refractivity contribution in [2.24, 2.45) is 5.92 Å². The SMILES string of the molecule is CNCC1CCN(S(=O)(=O)C2CC2)CC1. The van der Waals surface area contributed by atoms with E-state index >= 15 is 0 Å². The van der Waals surface area contributed by atoms with Crippen LogP contribution in [0.1, 0.15) is 25.7 Å². The minimum atomic E-state index is -2.91. The van der Waals surface area contributed by atoms with Gasteiger partial charge in [0.05, 0.1) is 5.25 Å². The molecule has 0 aromatic rings. The van der Waals surface area contributed by atoms with Crippen molar-refractivity contribution < 1.29 is 8.42 Å². The monoisotopic (exact) mass is 232 g/mol. The minimum Gasteiger partial charge on any atom is -0.319 e. The second-order valence-electron chi connectivity index (χ2n) is 4.64. The third kappa shape index (κ3) is 2.52. The first kappa shape index (κ1) is 11.4. The molecule has 1 aliphatic carbocycles. The highest BCUT2D eigenvalue weighted by Crippen LogP contribution is 2.32. The smallest absolute Gasteiger partial charge is 0.216 e. The van der Waals surface area contributed by atoms with Crippen LogP contribution in [0.2, 0.25) is 0 Å². The van der Waals surface area contributed by atoms with E-state index in [1.54, 1.807) is 4.31 Å². The molecule has 1 saturated carbocycles. The third-order valence-corrected chi connectivity index (χ3v) is 5.77. The zero-order chi connectivity index (χ0) is 10.9. The van der Waals surface area contributed by atoms with Gasteiger partial charge in [-0.1, -0.05) is 0 Å². The molecule has 1 aliphatic heterocycles. The van der Waals surface area contributed by atoms with Crippen molar-refractivity contribution in [3.05, 3.63) is 0 Å². The zero-order valence-corrected chi connectivity index (χ0v) is 10.1. The average Bonchev–Trinajstić information content (AvgIpc) is 3.02. The van der Waals surface area contributed by atoms with Crippen molar-refractivity contribution in [2.75, 3.05) is 26.7 Å². The lowest BCUT2D eigenvalue weighted by atomic mass is 9.98. The standard InChI is InChI=1S/C10H20N2O2S/c1-11-8-9-4-6-12(7-5-9)15(13,14)10-2-3-10/h9-11H,2-8H2,1H3. The summed E-state index contributed by atoms with van der Waals surface area (Å²) in [6, 6.07) is 0. The maximum Gasteiger partial charge on any atom is 0.216 e. The van der Waals surface area contributed by atoms with E-state index in [0.717, 1.165) is 45.3 Å². The number of nitrogens with one attached hydrogen (secondary N) is 1. The average molecular weight is 232 g/mol. The van der Waals surface area contributed by atoms with Crippen LogP contribution in [0.4, 0.5) is 0 Å². The van der Waals surface area contributed by atoms with E-state index < -0.39 is 10.0 Å². The van der Waals surface area contributed by atoms with E-state index in [1.807, 2.05) is 7.05 Å². The van der Waals surface area contributed by atoms with Crippen LogP contribution in [0.3, 0.4) is 0 Å². The fourth-order valence-corrected chi connectivity index (χ4v) is 4.11. The Morgan fingerprint density at radius 1 is 1.20 bits per heavy atom. The number of piperidine rings is 1. The van der Waals surface area contributed by atoms with Crippen molar-refractivity contribution in [1.82, 2.24) is 9.62 Å². The lowest BCUT2D eigenvalue weighted by Gasteiger charge is -2.31. The highest BCUT2D eigenvalue weighted by Gasteiger charge is 2.40. The molecule has 88 valence electrons. The maximum atomic E-state index is 11.9. The first-order chi connectivity index (χ1) is 7.14. The largest absolute Gasteiger partial charge is 0.319 e. The molecule has 1 N–H and O–H groups in total. The highest BCUT2D eigenvalue weighted by molar-refractivity contribution is 7.90. The van der Waals surface area contributed by atoms with E-state index in [-0.39, 0.29) is 5.25 Å². The molecule has 1 heterocycles. The van der Waals surface area contributed by atoms with Crippen LogP contribution >= 0.6 is 0 Å². The van der Waals surface area contributed by atoms with Gasteiger partial charge in [0.1, 0.15) is 0 Å². The number of hydrogen-bond acceptors (Lipinski definition) is 3. The first-order valence-corrected chi connectivity index (χ1v) is 7.28. The predicted molar refractivity (Wildman–Crippen MR) is 60.2 cm³/mol. The van der Waals surface area contributed by atoms with Gasteiger partial charge in [-0.2, -0.15) is 0 Å². The Hall–Kier alpha value is -0.130. The summed E-state index contributed by atoms with van der Waals surface area (Å²) in [5.74, 6) is 0.653. The number of hydrogen-bond donors (Lipinski definition) is 1. The fraction of sp³-hybridized carbons (Fsp3) is 1.00. The molecule has 0 aromatic carbocycles. The minimum absolute atomic E-state index is 0.0432. The summed E-state index contributed by atoms with van der Waals surface area (Å²) in [5, 5.41) is 3.11. The van der Waals surface area contributed by atoms with Crippen LogP contribution in [0.15, 0.2) is 0 Å². The quantitative estimate of drug-likeness (QED) is 0.764. The molecule has 0 amide bonds. The fourth-order valence-electron chi connectivity index (χ4n) is 2.23. The number of rotatable bonds is 4. The number of nitrogens with zero attached hydrogens (tertiary/aromatic N) is 1. The molecule has 0 unspecified atom stereocenters. The Balaban J connectivity index is 1.87. The van der Waals surface area contributed by atoms with Gasteiger partial charge in [0, 0.05) is 13.1 Å². The normalized spacial score (nSPS) is 25.7. The van der Waals surface area contributed by atoms with Gasteiger partial charge in [0.15, 0.2) is 0 Å². The molecule has 0 spiro atoms. The van der Waals surface area contributed by atoms with Crippen molar-refractivity contribution >= 4 is 10.0 Å². The topological polar surface area (TPSA) is 49.4 Å². The van der Waals surface area contributed by atoms with Crippen LogP contribution in [0.25, 0.3) is 0 Å². The molecule has 5 heteroatoms. The van der Waals surface area contributed by atoms with Gasteiger partial charge in [-0.05, 0) is 45.2 Å². The lowest BCUT2D eigenvalue weighted by Crippen LogP contribution is -2.41. The molecule has 2 fully saturated rings. The van der Waals surface area contributed by atoms with Crippen LogP contribution in [0.5, 0.6) is 0 Å². The van der Waals surface area contributed by atoms with Crippen LogP contribution in [0, 0.1) is 5.92 Å². The molecular weight excluding hydrogens is 212 g/mol. The zero-order valence-electron chi connectivity index (χ0n) is 9.28. The molecule has 0 radical (unpaired) electrons. The first-order valence-electron chi connectivity index (χ1n) is 5.78. The van der Waals surface area contributed by atoms with E-state index in [1.165, 1.54) is 0 Å².